The largest absolute Gasteiger partial charge is 0.492 e. The van der Waals surface area contributed by atoms with Crippen molar-refractivity contribution < 1.29 is 4.74 Å². The van der Waals surface area contributed by atoms with Gasteiger partial charge in [-0.05, 0) is 36.2 Å². The van der Waals surface area contributed by atoms with E-state index in [1.54, 1.807) is 16.8 Å². The zero-order valence-electron chi connectivity index (χ0n) is 11.9. The Kier molecular flexibility index (Phi) is 5.11. The third-order valence-corrected chi connectivity index (χ3v) is 3.20. The fourth-order valence-corrected chi connectivity index (χ4v) is 2.12. The SMILES string of the molecule is Cc1ccn(CCOc2ccc(CC(N)=S)cc2)c(=O)c1. The first kappa shape index (κ1) is 15.3. The van der Waals surface area contributed by atoms with Crippen molar-refractivity contribution in [2.75, 3.05) is 6.61 Å². The highest BCUT2D eigenvalue weighted by molar-refractivity contribution is 7.80. The molecule has 110 valence electrons. The molecule has 0 aliphatic heterocycles. The molecular weight excluding hydrogens is 284 g/mol. The van der Waals surface area contributed by atoms with Crippen molar-refractivity contribution in [3.63, 3.8) is 0 Å². The van der Waals surface area contributed by atoms with E-state index in [9.17, 15) is 4.79 Å². The summed E-state index contributed by atoms with van der Waals surface area (Å²) in [6.07, 6.45) is 2.38. The highest BCUT2D eigenvalue weighted by Crippen LogP contribution is 2.12. The number of rotatable bonds is 6. The van der Waals surface area contributed by atoms with Gasteiger partial charge in [0.1, 0.15) is 12.4 Å². The zero-order chi connectivity index (χ0) is 15.2. The molecular formula is C16H18N2O2S. The van der Waals surface area contributed by atoms with Gasteiger partial charge in [-0.25, -0.2) is 0 Å². The lowest BCUT2D eigenvalue weighted by atomic mass is 10.1. The third kappa shape index (κ3) is 4.72. The Hall–Kier alpha value is -2.14. The van der Waals surface area contributed by atoms with Crippen LogP contribution in [0.1, 0.15) is 11.1 Å². The molecule has 1 aromatic heterocycles. The molecule has 0 saturated carbocycles. The molecule has 0 radical (unpaired) electrons. The predicted octanol–water partition coefficient (Wildman–Crippen LogP) is 2.06. The second-order valence-electron chi connectivity index (χ2n) is 4.87. The second kappa shape index (κ2) is 7.04. The van der Waals surface area contributed by atoms with Crippen LogP contribution in [0.4, 0.5) is 0 Å². The Morgan fingerprint density at radius 2 is 2.00 bits per heavy atom. The van der Waals surface area contributed by atoms with Crippen LogP contribution < -0.4 is 16.0 Å². The molecule has 5 heteroatoms. The summed E-state index contributed by atoms with van der Waals surface area (Å²) >= 11 is 4.87. The van der Waals surface area contributed by atoms with Gasteiger partial charge in [0.2, 0.25) is 0 Å². The number of pyridine rings is 1. The maximum absolute atomic E-state index is 11.7. The van der Waals surface area contributed by atoms with Crippen LogP contribution in [0.3, 0.4) is 0 Å². The van der Waals surface area contributed by atoms with E-state index in [-0.39, 0.29) is 5.56 Å². The molecule has 0 atom stereocenters. The molecule has 0 spiro atoms. The maximum Gasteiger partial charge on any atom is 0.250 e. The number of thiocarbonyl (C=S) groups is 1. The quantitative estimate of drug-likeness (QED) is 0.830. The van der Waals surface area contributed by atoms with Crippen LogP contribution in [0.2, 0.25) is 0 Å². The first-order valence-electron chi connectivity index (χ1n) is 6.72. The normalized spacial score (nSPS) is 10.3. The van der Waals surface area contributed by atoms with E-state index < -0.39 is 0 Å². The van der Waals surface area contributed by atoms with Gasteiger partial charge in [-0.15, -0.1) is 0 Å². The van der Waals surface area contributed by atoms with Gasteiger partial charge >= 0.3 is 0 Å². The highest BCUT2D eigenvalue weighted by atomic mass is 32.1. The molecule has 2 N–H and O–H groups in total. The summed E-state index contributed by atoms with van der Waals surface area (Å²) in [5.74, 6) is 0.766. The molecule has 0 saturated heterocycles. The second-order valence-corrected chi connectivity index (χ2v) is 5.40. The molecule has 0 amide bonds. The van der Waals surface area contributed by atoms with Crippen molar-refractivity contribution >= 4 is 17.2 Å². The van der Waals surface area contributed by atoms with Crippen molar-refractivity contribution in [2.24, 2.45) is 5.73 Å². The molecule has 2 aromatic rings. The Bertz CT molecular complexity index is 677. The lowest BCUT2D eigenvalue weighted by Crippen LogP contribution is -2.21. The molecule has 0 aliphatic carbocycles. The van der Waals surface area contributed by atoms with Crippen LogP contribution in [0, 0.1) is 6.92 Å². The van der Waals surface area contributed by atoms with Crippen molar-refractivity contribution in [3.8, 4) is 5.75 Å². The minimum absolute atomic E-state index is 0.00888. The molecule has 0 unspecified atom stereocenters. The number of ether oxygens (including phenoxy) is 1. The smallest absolute Gasteiger partial charge is 0.250 e. The summed E-state index contributed by atoms with van der Waals surface area (Å²) in [6, 6.07) is 11.2. The molecule has 1 heterocycles. The predicted molar refractivity (Wildman–Crippen MR) is 87.9 cm³/mol. The molecule has 0 fully saturated rings. The van der Waals surface area contributed by atoms with Gasteiger partial charge in [-0.1, -0.05) is 24.4 Å². The summed E-state index contributed by atoms with van der Waals surface area (Å²) in [7, 11) is 0. The van der Waals surface area contributed by atoms with E-state index in [1.807, 2.05) is 37.3 Å². The minimum Gasteiger partial charge on any atom is -0.492 e. The number of nitrogens with zero attached hydrogens (tertiary/aromatic N) is 1. The van der Waals surface area contributed by atoms with E-state index in [0.29, 0.717) is 24.6 Å². The topological polar surface area (TPSA) is 57.2 Å². The Morgan fingerprint density at radius 1 is 1.29 bits per heavy atom. The highest BCUT2D eigenvalue weighted by Gasteiger charge is 1.99. The fraction of sp³-hybridized carbons (Fsp3) is 0.250. The van der Waals surface area contributed by atoms with Gasteiger partial charge in [0.05, 0.1) is 11.5 Å². The summed E-state index contributed by atoms with van der Waals surface area (Å²) in [4.78, 5) is 12.2. The standard InChI is InChI=1S/C16H18N2O2S/c1-12-6-7-18(16(19)10-12)8-9-20-14-4-2-13(3-5-14)11-15(17)21/h2-7,10H,8-9,11H2,1H3,(H2,17,21). The van der Waals surface area contributed by atoms with E-state index in [4.69, 9.17) is 22.7 Å². The van der Waals surface area contributed by atoms with Crippen LogP contribution in [0.15, 0.2) is 47.4 Å². The Labute approximate surface area is 129 Å². The van der Waals surface area contributed by atoms with Crippen molar-refractivity contribution in [1.82, 2.24) is 4.57 Å². The molecule has 21 heavy (non-hydrogen) atoms. The van der Waals surface area contributed by atoms with E-state index in [0.717, 1.165) is 16.9 Å². The van der Waals surface area contributed by atoms with E-state index >= 15 is 0 Å². The van der Waals surface area contributed by atoms with Crippen LogP contribution in [-0.4, -0.2) is 16.2 Å². The molecule has 0 aliphatic rings. The molecule has 1 aromatic carbocycles. The summed E-state index contributed by atoms with van der Waals surface area (Å²) < 4.78 is 7.26. The van der Waals surface area contributed by atoms with Crippen LogP contribution in [0.5, 0.6) is 5.75 Å². The zero-order valence-corrected chi connectivity index (χ0v) is 12.7. The van der Waals surface area contributed by atoms with Crippen LogP contribution in [-0.2, 0) is 13.0 Å². The number of benzene rings is 1. The first-order chi connectivity index (χ1) is 10.0. The third-order valence-electron chi connectivity index (χ3n) is 3.05. The summed E-state index contributed by atoms with van der Waals surface area (Å²) in [5, 5.41) is 0. The minimum atomic E-state index is -0.00888. The summed E-state index contributed by atoms with van der Waals surface area (Å²) in [5.41, 5.74) is 7.51. The van der Waals surface area contributed by atoms with Crippen molar-refractivity contribution in [1.29, 1.82) is 0 Å². The number of aromatic nitrogens is 1. The Balaban J connectivity index is 1.88. The van der Waals surface area contributed by atoms with Gasteiger partial charge < -0.3 is 15.0 Å². The van der Waals surface area contributed by atoms with Crippen molar-refractivity contribution in [3.05, 3.63) is 64.1 Å². The van der Waals surface area contributed by atoms with Gasteiger partial charge in [-0.2, -0.15) is 0 Å². The average Bonchev–Trinajstić information content (AvgIpc) is 2.42. The van der Waals surface area contributed by atoms with Crippen molar-refractivity contribution in [2.45, 2.75) is 19.9 Å². The molecule has 0 bridgehead atoms. The van der Waals surface area contributed by atoms with Gasteiger partial charge in [0, 0.05) is 18.7 Å². The Morgan fingerprint density at radius 3 is 2.62 bits per heavy atom. The van der Waals surface area contributed by atoms with Gasteiger partial charge in [0.15, 0.2) is 0 Å². The molecule has 4 nitrogen and oxygen atoms in total. The average molecular weight is 302 g/mol. The van der Waals surface area contributed by atoms with Crippen LogP contribution in [0.25, 0.3) is 0 Å². The van der Waals surface area contributed by atoms with Crippen LogP contribution >= 0.6 is 12.2 Å². The van der Waals surface area contributed by atoms with E-state index in [2.05, 4.69) is 0 Å². The number of aryl methyl sites for hydroxylation is 1. The van der Waals surface area contributed by atoms with E-state index in [1.165, 1.54) is 0 Å². The number of hydrogen-bond acceptors (Lipinski definition) is 3. The number of nitrogens with two attached hydrogens (primary N) is 1. The van der Waals surface area contributed by atoms with Gasteiger partial charge in [-0.3, -0.25) is 4.79 Å². The number of hydrogen-bond donors (Lipinski definition) is 1. The van der Waals surface area contributed by atoms with Gasteiger partial charge in [0.25, 0.3) is 5.56 Å². The first-order valence-corrected chi connectivity index (χ1v) is 7.12. The lowest BCUT2D eigenvalue weighted by molar-refractivity contribution is 0.296. The molecule has 2 rings (SSSR count). The summed E-state index contributed by atoms with van der Waals surface area (Å²) in [6.45, 7) is 2.86. The maximum atomic E-state index is 11.7. The lowest BCUT2D eigenvalue weighted by Gasteiger charge is -2.09. The monoisotopic (exact) mass is 302 g/mol. The fourth-order valence-electron chi connectivity index (χ4n) is 1.96.